The molecule has 0 bridgehead atoms. The Bertz CT molecular complexity index is 371. The first kappa shape index (κ1) is 8.94. The minimum absolute atomic E-state index is 0.130. The van der Waals surface area contributed by atoms with Crippen molar-refractivity contribution in [2.24, 2.45) is 14.1 Å². The highest BCUT2D eigenvalue weighted by atomic mass is 32.2. The van der Waals surface area contributed by atoms with Gasteiger partial charge in [0.15, 0.2) is 5.16 Å². The van der Waals surface area contributed by atoms with E-state index in [4.69, 9.17) is 6.42 Å². The summed E-state index contributed by atoms with van der Waals surface area (Å²) in [6.07, 6.45) is 5.08. The van der Waals surface area contributed by atoms with Gasteiger partial charge < -0.3 is 0 Å². The summed E-state index contributed by atoms with van der Waals surface area (Å²) in [5, 5.41) is 4.64. The van der Waals surface area contributed by atoms with Gasteiger partial charge in [-0.15, -0.1) is 11.5 Å². The third-order valence-corrected chi connectivity index (χ3v) is 2.30. The Balaban J connectivity index is 2.96. The number of rotatable bonds is 2. The molecule has 0 amide bonds. The van der Waals surface area contributed by atoms with Crippen LogP contribution in [0.3, 0.4) is 0 Å². The number of aryl methyl sites for hydroxylation is 1. The highest BCUT2D eigenvalue weighted by Crippen LogP contribution is 2.10. The maximum absolute atomic E-state index is 11.2. The van der Waals surface area contributed by atoms with Gasteiger partial charge in [-0.3, -0.25) is 4.57 Å². The quantitative estimate of drug-likeness (QED) is 0.472. The van der Waals surface area contributed by atoms with E-state index in [0.29, 0.717) is 10.9 Å². The summed E-state index contributed by atoms with van der Waals surface area (Å²) in [6, 6.07) is 0. The van der Waals surface area contributed by atoms with Crippen LogP contribution in [-0.4, -0.2) is 20.1 Å². The summed E-state index contributed by atoms with van der Waals surface area (Å²) in [5.41, 5.74) is -0.130. The van der Waals surface area contributed by atoms with E-state index in [9.17, 15) is 4.79 Å². The van der Waals surface area contributed by atoms with Gasteiger partial charge >= 0.3 is 5.69 Å². The van der Waals surface area contributed by atoms with Crippen molar-refractivity contribution < 1.29 is 0 Å². The lowest BCUT2D eigenvalue weighted by Gasteiger charge is -1.92. The van der Waals surface area contributed by atoms with Crippen LogP contribution < -0.4 is 5.69 Å². The van der Waals surface area contributed by atoms with Crippen molar-refractivity contribution in [3.8, 4) is 12.3 Å². The standard InChI is InChI=1S/C7H9N3OS/c1-4-5-12-6-8-10(3)7(11)9(6)2/h1H,5H2,2-3H3. The Labute approximate surface area is 74.6 Å². The van der Waals surface area contributed by atoms with Gasteiger partial charge in [0.2, 0.25) is 0 Å². The van der Waals surface area contributed by atoms with Gasteiger partial charge in [-0.05, 0) is 0 Å². The summed E-state index contributed by atoms with van der Waals surface area (Å²) in [5.74, 6) is 3.00. The van der Waals surface area contributed by atoms with Crippen molar-refractivity contribution in [1.29, 1.82) is 0 Å². The molecule has 1 heterocycles. The van der Waals surface area contributed by atoms with Crippen molar-refractivity contribution in [3.05, 3.63) is 10.5 Å². The summed E-state index contributed by atoms with van der Waals surface area (Å²) in [4.78, 5) is 11.2. The summed E-state index contributed by atoms with van der Waals surface area (Å²) in [6.45, 7) is 0. The molecule has 1 rings (SSSR count). The molecule has 0 unspecified atom stereocenters. The fraction of sp³-hybridized carbons (Fsp3) is 0.429. The van der Waals surface area contributed by atoms with Crippen molar-refractivity contribution in [2.45, 2.75) is 5.16 Å². The van der Waals surface area contributed by atoms with E-state index < -0.39 is 0 Å². The normalized spacial score (nSPS) is 9.75. The number of hydrogen-bond acceptors (Lipinski definition) is 3. The smallest absolute Gasteiger partial charge is 0.273 e. The molecule has 0 aliphatic rings. The van der Waals surface area contributed by atoms with Crippen molar-refractivity contribution in [3.63, 3.8) is 0 Å². The summed E-state index contributed by atoms with van der Waals surface area (Å²) in [7, 11) is 3.29. The van der Waals surface area contributed by atoms with E-state index >= 15 is 0 Å². The zero-order valence-electron chi connectivity index (χ0n) is 6.94. The SMILES string of the molecule is C#CCSc1nn(C)c(=O)n1C. The van der Waals surface area contributed by atoms with Gasteiger partial charge in [-0.2, -0.15) is 0 Å². The summed E-state index contributed by atoms with van der Waals surface area (Å²) >= 11 is 1.38. The minimum atomic E-state index is -0.130. The van der Waals surface area contributed by atoms with Crippen LogP contribution in [0.25, 0.3) is 0 Å². The fourth-order valence-electron chi connectivity index (χ4n) is 0.769. The molecule has 4 nitrogen and oxygen atoms in total. The van der Waals surface area contributed by atoms with Crippen LogP contribution in [0.4, 0.5) is 0 Å². The van der Waals surface area contributed by atoms with Crippen molar-refractivity contribution in [1.82, 2.24) is 14.3 Å². The molecular formula is C7H9N3OS. The lowest BCUT2D eigenvalue weighted by molar-refractivity contribution is 0.711. The Kier molecular flexibility index (Phi) is 2.61. The maximum atomic E-state index is 11.2. The second-order valence-corrected chi connectivity index (χ2v) is 3.18. The molecular weight excluding hydrogens is 174 g/mol. The lowest BCUT2D eigenvalue weighted by Crippen LogP contribution is -2.20. The largest absolute Gasteiger partial charge is 0.346 e. The van der Waals surface area contributed by atoms with Gasteiger partial charge in [-0.25, -0.2) is 9.48 Å². The molecule has 5 heteroatoms. The van der Waals surface area contributed by atoms with Crippen molar-refractivity contribution in [2.75, 3.05) is 5.75 Å². The highest BCUT2D eigenvalue weighted by Gasteiger charge is 2.05. The van der Waals surface area contributed by atoms with Gasteiger partial charge in [0.05, 0.1) is 5.75 Å². The Morgan fingerprint density at radius 1 is 1.67 bits per heavy atom. The number of aromatic nitrogens is 3. The van der Waals surface area contributed by atoms with Gasteiger partial charge in [0.25, 0.3) is 0 Å². The zero-order chi connectivity index (χ0) is 9.14. The zero-order valence-corrected chi connectivity index (χ0v) is 7.76. The van der Waals surface area contributed by atoms with Gasteiger partial charge in [-0.1, -0.05) is 17.7 Å². The first-order valence-corrected chi connectivity index (χ1v) is 4.31. The van der Waals surface area contributed by atoms with E-state index in [1.165, 1.54) is 21.0 Å². The molecule has 0 aliphatic carbocycles. The van der Waals surface area contributed by atoms with Crippen LogP contribution in [0.1, 0.15) is 0 Å². The molecule has 64 valence electrons. The van der Waals surface area contributed by atoms with Crippen LogP contribution in [0.15, 0.2) is 9.95 Å². The Morgan fingerprint density at radius 2 is 2.33 bits per heavy atom. The molecule has 0 fully saturated rings. The first-order valence-electron chi connectivity index (χ1n) is 3.33. The predicted molar refractivity (Wildman–Crippen MR) is 48.0 cm³/mol. The minimum Gasteiger partial charge on any atom is -0.273 e. The van der Waals surface area contributed by atoms with Crippen LogP contribution in [0.5, 0.6) is 0 Å². The second-order valence-electron chi connectivity index (χ2n) is 2.24. The van der Waals surface area contributed by atoms with Crippen molar-refractivity contribution >= 4 is 11.8 Å². The van der Waals surface area contributed by atoms with Crippen LogP contribution in [0, 0.1) is 12.3 Å². The predicted octanol–water partition coefficient (Wildman–Crippen LogP) is -0.156. The van der Waals surface area contributed by atoms with E-state index in [0.717, 1.165) is 0 Å². The fourth-order valence-corrected chi connectivity index (χ4v) is 1.43. The molecule has 0 saturated heterocycles. The van der Waals surface area contributed by atoms with Gasteiger partial charge in [0, 0.05) is 14.1 Å². The molecule has 0 radical (unpaired) electrons. The molecule has 0 aromatic carbocycles. The van der Waals surface area contributed by atoms with Crippen LogP contribution >= 0.6 is 11.8 Å². The van der Waals surface area contributed by atoms with Crippen LogP contribution in [0.2, 0.25) is 0 Å². The van der Waals surface area contributed by atoms with E-state index in [1.807, 2.05) is 0 Å². The third-order valence-electron chi connectivity index (χ3n) is 1.37. The number of hydrogen-bond donors (Lipinski definition) is 0. The number of terminal acetylenes is 1. The first-order chi connectivity index (χ1) is 5.66. The maximum Gasteiger partial charge on any atom is 0.346 e. The molecule has 1 aromatic rings. The molecule has 12 heavy (non-hydrogen) atoms. The molecule has 0 N–H and O–H groups in total. The van der Waals surface area contributed by atoms with Crippen LogP contribution in [-0.2, 0) is 14.1 Å². The summed E-state index contributed by atoms with van der Waals surface area (Å²) < 4.78 is 2.76. The number of nitrogens with zero attached hydrogens (tertiary/aromatic N) is 3. The van der Waals surface area contributed by atoms with Gasteiger partial charge in [0.1, 0.15) is 0 Å². The topological polar surface area (TPSA) is 39.8 Å². The molecule has 0 spiro atoms. The average Bonchev–Trinajstić information content (AvgIpc) is 2.30. The molecule has 0 aliphatic heterocycles. The molecule has 1 aromatic heterocycles. The third kappa shape index (κ3) is 1.53. The monoisotopic (exact) mass is 183 g/mol. The molecule has 0 atom stereocenters. The Hall–Kier alpha value is -1.15. The second kappa shape index (κ2) is 3.50. The van der Waals surface area contributed by atoms with E-state index in [-0.39, 0.29) is 5.69 Å². The lowest BCUT2D eigenvalue weighted by atomic mass is 10.8. The van der Waals surface area contributed by atoms with E-state index in [2.05, 4.69) is 11.0 Å². The average molecular weight is 183 g/mol. The molecule has 0 saturated carbocycles. The van der Waals surface area contributed by atoms with E-state index in [1.54, 1.807) is 14.1 Å². The highest BCUT2D eigenvalue weighted by molar-refractivity contribution is 7.99. The Morgan fingerprint density at radius 3 is 2.75 bits per heavy atom. The number of thioether (sulfide) groups is 1.